The van der Waals surface area contributed by atoms with Crippen LogP contribution in [0.4, 0.5) is 0 Å². The van der Waals surface area contributed by atoms with E-state index in [4.69, 9.17) is 0 Å². The summed E-state index contributed by atoms with van der Waals surface area (Å²) in [5.74, 6) is 3.77. The molecule has 0 radical (unpaired) electrons. The van der Waals surface area contributed by atoms with Crippen molar-refractivity contribution in [1.82, 2.24) is 4.72 Å². The Bertz CT molecular complexity index is 95.7. The van der Waals surface area contributed by atoms with Crippen molar-refractivity contribution in [2.24, 2.45) is 0 Å². The lowest BCUT2D eigenvalue weighted by Crippen LogP contribution is -1.95. The lowest BCUT2D eigenvalue weighted by molar-refractivity contribution is 1.16. The summed E-state index contributed by atoms with van der Waals surface area (Å²) in [7, 11) is 0.147. The highest BCUT2D eigenvalue weighted by Crippen LogP contribution is 2.08. The molecule has 0 saturated heterocycles. The minimum absolute atomic E-state index is 0.147. The third-order valence-corrected chi connectivity index (χ3v) is 1.71. The van der Waals surface area contributed by atoms with Gasteiger partial charge >= 0.3 is 0 Å². The summed E-state index contributed by atoms with van der Waals surface area (Å²) in [6.07, 6.45) is 2.09. The Morgan fingerprint density at radius 2 is 2.67 bits per heavy atom. The highest BCUT2D eigenvalue weighted by atomic mass is 32.2. The molecule has 0 spiro atoms. The van der Waals surface area contributed by atoms with E-state index in [2.05, 4.69) is 22.1 Å². The number of nitrogens with one attached hydrogen (secondary N) is 1. The SMILES string of the molecule is C=S1C=CCN1. The Morgan fingerprint density at radius 3 is 2.83 bits per heavy atom. The normalized spacial score (nSPS) is 31.7. The summed E-state index contributed by atoms with van der Waals surface area (Å²) in [4.78, 5) is 0. The Morgan fingerprint density at radius 1 is 1.83 bits per heavy atom. The molecule has 1 unspecified atom stereocenters. The molecule has 0 aliphatic carbocycles. The summed E-state index contributed by atoms with van der Waals surface area (Å²) >= 11 is 0. The van der Waals surface area contributed by atoms with Gasteiger partial charge in [0.1, 0.15) is 0 Å². The van der Waals surface area contributed by atoms with Crippen LogP contribution in [0, 0.1) is 0 Å². The van der Waals surface area contributed by atoms with E-state index in [0.29, 0.717) is 0 Å². The van der Waals surface area contributed by atoms with Crippen molar-refractivity contribution in [2.75, 3.05) is 6.54 Å². The molecule has 2 heteroatoms. The summed E-state index contributed by atoms with van der Waals surface area (Å²) < 4.78 is 3.12. The van der Waals surface area contributed by atoms with Crippen LogP contribution >= 0.6 is 10.7 Å². The molecule has 1 N–H and O–H groups in total. The molecule has 0 saturated carbocycles. The maximum atomic E-state index is 3.77. The molecule has 1 heterocycles. The topological polar surface area (TPSA) is 12.0 Å². The van der Waals surface area contributed by atoms with Crippen molar-refractivity contribution in [3.8, 4) is 0 Å². The van der Waals surface area contributed by atoms with Crippen LogP contribution in [0.5, 0.6) is 0 Å². The van der Waals surface area contributed by atoms with Gasteiger partial charge in [-0.1, -0.05) is 11.9 Å². The summed E-state index contributed by atoms with van der Waals surface area (Å²) in [6.45, 7) is 1.01. The zero-order chi connectivity index (χ0) is 4.41. The molecule has 6 heavy (non-hydrogen) atoms. The second kappa shape index (κ2) is 1.58. The molecule has 0 amide bonds. The standard InChI is InChI=1S/C4H7NS/c1-6-4-2-3-5-6/h2,4-5H,1,3H2. The number of rotatable bonds is 0. The van der Waals surface area contributed by atoms with Crippen LogP contribution in [0.3, 0.4) is 0 Å². The van der Waals surface area contributed by atoms with E-state index >= 15 is 0 Å². The van der Waals surface area contributed by atoms with Crippen molar-refractivity contribution < 1.29 is 0 Å². The van der Waals surface area contributed by atoms with Gasteiger partial charge in [-0.15, -0.1) is 10.7 Å². The van der Waals surface area contributed by atoms with Gasteiger partial charge in [-0.25, -0.2) is 0 Å². The Hall–Kier alpha value is -0.0800. The predicted octanol–water partition coefficient (Wildman–Crippen LogP) is 0.719. The van der Waals surface area contributed by atoms with Crippen LogP contribution in [0.25, 0.3) is 0 Å². The molecular formula is C4H7NS. The second-order valence-corrected chi connectivity index (χ2v) is 2.57. The molecule has 1 aliphatic rings. The maximum Gasteiger partial charge on any atom is 0.0245 e. The lowest BCUT2D eigenvalue weighted by atomic mass is 10.7. The monoisotopic (exact) mass is 101 g/mol. The number of hydrogen-bond donors (Lipinski definition) is 1. The third kappa shape index (κ3) is 0.698. The molecule has 1 nitrogen and oxygen atoms in total. The van der Waals surface area contributed by atoms with Gasteiger partial charge < -0.3 is 0 Å². The highest BCUT2D eigenvalue weighted by molar-refractivity contribution is 8.15. The maximum absolute atomic E-state index is 3.77. The van der Waals surface area contributed by atoms with Crippen LogP contribution in [-0.2, 0) is 0 Å². The first-order valence-electron chi connectivity index (χ1n) is 1.82. The molecule has 0 aromatic rings. The van der Waals surface area contributed by atoms with Gasteiger partial charge in [0.25, 0.3) is 0 Å². The molecule has 34 valence electrons. The van der Waals surface area contributed by atoms with Gasteiger partial charge in [0.2, 0.25) is 0 Å². The van der Waals surface area contributed by atoms with Crippen LogP contribution in [0.1, 0.15) is 0 Å². The van der Waals surface area contributed by atoms with Gasteiger partial charge in [-0.2, -0.15) is 0 Å². The lowest BCUT2D eigenvalue weighted by Gasteiger charge is -1.87. The highest BCUT2D eigenvalue weighted by Gasteiger charge is 1.87. The van der Waals surface area contributed by atoms with Gasteiger partial charge in [0.05, 0.1) is 0 Å². The van der Waals surface area contributed by atoms with Gasteiger partial charge in [0, 0.05) is 6.54 Å². The quantitative estimate of drug-likeness (QED) is 0.443. The summed E-state index contributed by atoms with van der Waals surface area (Å²) in [5, 5.41) is 2.08. The minimum Gasteiger partial charge on any atom is -0.263 e. The zero-order valence-corrected chi connectivity index (χ0v) is 4.29. The van der Waals surface area contributed by atoms with Crippen LogP contribution in [0.2, 0.25) is 0 Å². The van der Waals surface area contributed by atoms with Gasteiger partial charge in [-0.05, 0) is 5.41 Å². The van der Waals surface area contributed by atoms with Gasteiger partial charge in [0.15, 0.2) is 0 Å². The Labute approximate surface area is 40.1 Å². The second-order valence-electron chi connectivity index (χ2n) is 1.15. The average molecular weight is 101 g/mol. The first-order valence-corrected chi connectivity index (χ1v) is 3.28. The van der Waals surface area contributed by atoms with Crippen molar-refractivity contribution in [3.05, 3.63) is 11.5 Å². The molecular weight excluding hydrogens is 94.1 g/mol. The first kappa shape index (κ1) is 4.09. The fourth-order valence-electron chi connectivity index (χ4n) is 0.368. The van der Waals surface area contributed by atoms with Crippen LogP contribution < -0.4 is 4.72 Å². The largest absolute Gasteiger partial charge is 0.263 e. The van der Waals surface area contributed by atoms with Crippen LogP contribution in [-0.4, -0.2) is 12.4 Å². The van der Waals surface area contributed by atoms with E-state index in [0.717, 1.165) is 6.54 Å². The van der Waals surface area contributed by atoms with Crippen LogP contribution in [0.15, 0.2) is 11.5 Å². The molecule has 0 aromatic heterocycles. The molecule has 1 aliphatic heterocycles. The smallest absolute Gasteiger partial charge is 0.0245 e. The molecule has 1 rings (SSSR count). The summed E-state index contributed by atoms with van der Waals surface area (Å²) in [5.41, 5.74) is 0. The predicted molar refractivity (Wildman–Crippen MR) is 31.9 cm³/mol. The van der Waals surface area contributed by atoms with Crippen molar-refractivity contribution in [3.63, 3.8) is 0 Å². The van der Waals surface area contributed by atoms with Gasteiger partial charge in [-0.3, -0.25) is 4.72 Å². The Balaban J connectivity index is 2.59. The van der Waals surface area contributed by atoms with Crippen molar-refractivity contribution in [1.29, 1.82) is 0 Å². The van der Waals surface area contributed by atoms with Crippen molar-refractivity contribution >= 4 is 16.5 Å². The molecule has 0 bridgehead atoms. The molecule has 0 fully saturated rings. The van der Waals surface area contributed by atoms with E-state index in [1.807, 2.05) is 0 Å². The van der Waals surface area contributed by atoms with E-state index in [1.54, 1.807) is 0 Å². The Kier molecular flexibility index (Phi) is 1.08. The van der Waals surface area contributed by atoms with E-state index in [9.17, 15) is 0 Å². The van der Waals surface area contributed by atoms with E-state index in [-0.39, 0.29) is 10.7 Å². The first-order chi connectivity index (χ1) is 2.89. The van der Waals surface area contributed by atoms with E-state index < -0.39 is 0 Å². The number of hydrogen-bond acceptors (Lipinski definition) is 1. The average Bonchev–Trinajstić information content (AvgIpc) is 1.86. The van der Waals surface area contributed by atoms with E-state index in [1.165, 1.54) is 0 Å². The minimum atomic E-state index is 0.147. The summed E-state index contributed by atoms with van der Waals surface area (Å²) in [6, 6.07) is 0. The zero-order valence-electron chi connectivity index (χ0n) is 3.48. The third-order valence-electron chi connectivity index (χ3n) is 0.647. The molecule has 0 aromatic carbocycles. The van der Waals surface area contributed by atoms with Crippen molar-refractivity contribution in [2.45, 2.75) is 0 Å². The fraction of sp³-hybridized carbons (Fsp3) is 0.250. The fourth-order valence-corrected chi connectivity index (χ4v) is 1.10. The molecule has 1 atom stereocenters.